The molecule has 0 radical (unpaired) electrons. The van der Waals surface area contributed by atoms with Gasteiger partial charge in [-0.3, -0.25) is 9.69 Å². The number of rotatable bonds is 6. The van der Waals surface area contributed by atoms with Crippen molar-refractivity contribution in [1.29, 1.82) is 0 Å². The Morgan fingerprint density at radius 2 is 2.00 bits per heavy atom. The van der Waals surface area contributed by atoms with Gasteiger partial charge in [0.25, 0.3) is 5.91 Å². The molecule has 1 saturated heterocycles. The third kappa shape index (κ3) is 4.74. The van der Waals surface area contributed by atoms with Crippen molar-refractivity contribution in [1.82, 2.24) is 14.9 Å². The van der Waals surface area contributed by atoms with E-state index in [1.54, 1.807) is 12.3 Å². The van der Waals surface area contributed by atoms with Gasteiger partial charge in [0.15, 0.2) is 11.6 Å². The summed E-state index contributed by atoms with van der Waals surface area (Å²) in [7, 11) is 0. The first-order chi connectivity index (χ1) is 14.6. The maximum Gasteiger partial charge on any atom is 0.260 e. The van der Waals surface area contributed by atoms with Gasteiger partial charge >= 0.3 is 0 Å². The number of furan rings is 1. The minimum atomic E-state index is -0.196. The highest BCUT2D eigenvalue weighted by atomic mass is 32.2. The summed E-state index contributed by atoms with van der Waals surface area (Å²) < 4.78 is 5.41. The number of hydrogen-bond donors (Lipinski definition) is 1. The van der Waals surface area contributed by atoms with Gasteiger partial charge in [0.2, 0.25) is 0 Å². The van der Waals surface area contributed by atoms with Gasteiger partial charge in [-0.1, -0.05) is 18.6 Å². The molecule has 0 aliphatic carbocycles. The number of aryl methyl sites for hydroxylation is 1. The smallest absolute Gasteiger partial charge is 0.260 e. The van der Waals surface area contributed by atoms with E-state index in [0.29, 0.717) is 27.9 Å². The zero-order chi connectivity index (χ0) is 20.9. The lowest BCUT2D eigenvalue weighted by Crippen LogP contribution is -2.29. The first-order valence-corrected chi connectivity index (χ1v) is 11.5. The van der Waals surface area contributed by atoms with Crippen molar-refractivity contribution in [2.45, 2.75) is 37.8 Å². The Morgan fingerprint density at radius 3 is 2.73 bits per heavy atom. The second-order valence-electron chi connectivity index (χ2n) is 7.49. The molecule has 0 bridgehead atoms. The lowest BCUT2D eigenvalue weighted by atomic mass is 10.1. The Labute approximate surface area is 181 Å². The van der Waals surface area contributed by atoms with E-state index in [1.807, 2.05) is 31.4 Å². The van der Waals surface area contributed by atoms with Crippen molar-refractivity contribution < 1.29 is 9.21 Å². The van der Waals surface area contributed by atoms with Crippen LogP contribution in [0.2, 0.25) is 0 Å². The van der Waals surface area contributed by atoms with Gasteiger partial charge in [0, 0.05) is 12.2 Å². The maximum absolute atomic E-state index is 13.1. The van der Waals surface area contributed by atoms with Crippen LogP contribution in [0.1, 0.15) is 40.9 Å². The molecule has 0 atom stereocenters. The summed E-state index contributed by atoms with van der Waals surface area (Å²) >= 11 is 1.43. The number of amides is 1. The molecule has 1 fully saturated rings. The molecule has 3 aromatic rings. The molecule has 0 saturated carbocycles. The van der Waals surface area contributed by atoms with Crippen LogP contribution >= 0.6 is 11.8 Å². The Balaban J connectivity index is 1.53. The summed E-state index contributed by atoms with van der Waals surface area (Å²) in [6.45, 7) is 5.04. The van der Waals surface area contributed by atoms with Gasteiger partial charge in [-0.15, -0.1) is 11.8 Å². The fourth-order valence-electron chi connectivity index (χ4n) is 3.79. The topological polar surface area (TPSA) is 71.3 Å². The van der Waals surface area contributed by atoms with Crippen LogP contribution < -0.4 is 5.32 Å². The Hall–Kier alpha value is -2.64. The second-order valence-corrected chi connectivity index (χ2v) is 8.28. The predicted octanol–water partition coefficient (Wildman–Crippen LogP) is 5.01. The Morgan fingerprint density at radius 1 is 1.17 bits per heavy atom. The van der Waals surface area contributed by atoms with Crippen LogP contribution in [0.4, 0.5) is 5.69 Å². The molecule has 1 N–H and O–H groups in total. The van der Waals surface area contributed by atoms with Gasteiger partial charge in [-0.25, -0.2) is 9.97 Å². The standard InChI is InChI=1S/C23H26N4O2S/c1-16-20(23(30-2)26-21(24-16)19-10-7-13-29-19)22(28)25-18-9-6-8-17(14-18)15-27-11-4-3-5-12-27/h6-10,13-14H,3-5,11-12,15H2,1-2H3,(H,25,28). The number of likely N-dealkylation sites (tertiary alicyclic amines) is 1. The summed E-state index contributed by atoms with van der Waals surface area (Å²) in [4.78, 5) is 24.6. The molecular formula is C23H26N4O2S. The molecule has 30 heavy (non-hydrogen) atoms. The fourth-order valence-corrected chi connectivity index (χ4v) is 4.41. The number of anilines is 1. The SMILES string of the molecule is CSc1nc(-c2ccco2)nc(C)c1C(=O)Nc1cccc(CN2CCCCC2)c1. The van der Waals surface area contributed by atoms with Crippen LogP contribution in [0.5, 0.6) is 0 Å². The van der Waals surface area contributed by atoms with Crippen molar-refractivity contribution in [3.63, 3.8) is 0 Å². The molecule has 1 amide bonds. The van der Waals surface area contributed by atoms with E-state index < -0.39 is 0 Å². The molecule has 156 valence electrons. The van der Waals surface area contributed by atoms with Crippen LogP contribution in [-0.2, 0) is 6.54 Å². The predicted molar refractivity (Wildman–Crippen MR) is 120 cm³/mol. The van der Waals surface area contributed by atoms with E-state index in [2.05, 4.69) is 32.3 Å². The first kappa shape index (κ1) is 20.6. The van der Waals surface area contributed by atoms with Crippen LogP contribution in [0.25, 0.3) is 11.6 Å². The third-order valence-electron chi connectivity index (χ3n) is 5.26. The van der Waals surface area contributed by atoms with Gasteiger partial charge in [-0.05, 0) is 68.9 Å². The molecule has 1 aliphatic heterocycles. The fraction of sp³-hybridized carbons (Fsp3) is 0.348. The molecule has 0 spiro atoms. The highest BCUT2D eigenvalue weighted by Gasteiger charge is 2.20. The number of piperidine rings is 1. The summed E-state index contributed by atoms with van der Waals surface area (Å²) in [5, 5.41) is 3.67. The highest BCUT2D eigenvalue weighted by molar-refractivity contribution is 7.98. The van der Waals surface area contributed by atoms with Crippen LogP contribution in [-0.4, -0.2) is 40.1 Å². The summed E-state index contributed by atoms with van der Waals surface area (Å²) in [5.74, 6) is 0.880. The lowest BCUT2D eigenvalue weighted by Gasteiger charge is -2.26. The minimum Gasteiger partial charge on any atom is -0.461 e. The molecule has 1 aromatic carbocycles. The number of carbonyl (C=O) groups excluding carboxylic acids is 1. The van der Waals surface area contributed by atoms with Gasteiger partial charge in [-0.2, -0.15) is 0 Å². The Bertz CT molecular complexity index is 1010. The minimum absolute atomic E-state index is 0.196. The average molecular weight is 423 g/mol. The lowest BCUT2D eigenvalue weighted by molar-refractivity contribution is 0.102. The molecule has 0 unspecified atom stereocenters. The second kappa shape index (κ2) is 9.45. The van der Waals surface area contributed by atoms with E-state index in [1.165, 1.54) is 36.6 Å². The summed E-state index contributed by atoms with van der Waals surface area (Å²) in [6, 6.07) is 11.7. The van der Waals surface area contributed by atoms with E-state index in [0.717, 1.165) is 25.3 Å². The van der Waals surface area contributed by atoms with Crippen LogP contribution in [0.3, 0.4) is 0 Å². The van der Waals surface area contributed by atoms with Crippen molar-refractivity contribution in [3.8, 4) is 11.6 Å². The van der Waals surface area contributed by atoms with Gasteiger partial charge < -0.3 is 9.73 Å². The number of benzene rings is 1. The van der Waals surface area contributed by atoms with Crippen molar-refractivity contribution in [2.75, 3.05) is 24.7 Å². The normalized spacial score (nSPS) is 14.6. The highest BCUT2D eigenvalue weighted by Crippen LogP contribution is 2.26. The van der Waals surface area contributed by atoms with Crippen molar-refractivity contribution in [3.05, 3.63) is 59.5 Å². The number of nitrogens with one attached hydrogen (secondary N) is 1. The molecule has 2 aromatic heterocycles. The average Bonchev–Trinajstić information content (AvgIpc) is 3.29. The van der Waals surface area contributed by atoms with Gasteiger partial charge in [0.1, 0.15) is 5.03 Å². The largest absolute Gasteiger partial charge is 0.461 e. The Kier molecular flexibility index (Phi) is 6.50. The van der Waals surface area contributed by atoms with Crippen molar-refractivity contribution >= 4 is 23.4 Å². The maximum atomic E-state index is 13.1. The molecular weight excluding hydrogens is 396 g/mol. The third-order valence-corrected chi connectivity index (χ3v) is 5.94. The van der Waals surface area contributed by atoms with Crippen LogP contribution in [0, 0.1) is 6.92 Å². The molecule has 3 heterocycles. The molecule has 1 aliphatic rings. The van der Waals surface area contributed by atoms with Crippen molar-refractivity contribution in [2.24, 2.45) is 0 Å². The molecule has 4 rings (SSSR count). The van der Waals surface area contributed by atoms with E-state index >= 15 is 0 Å². The zero-order valence-corrected chi connectivity index (χ0v) is 18.2. The zero-order valence-electron chi connectivity index (χ0n) is 17.4. The summed E-state index contributed by atoms with van der Waals surface area (Å²) in [5.41, 5.74) is 3.12. The quantitative estimate of drug-likeness (QED) is 0.445. The summed E-state index contributed by atoms with van der Waals surface area (Å²) in [6.07, 6.45) is 7.35. The number of thioether (sulfide) groups is 1. The van der Waals surface area contributed by atoms with E-state index in [4.69, 9.17) is 4.42 Å². The first-order valence-electron chi connectivity index (χ1n) is 10.2. The van der Waals surface area contributed by atoms with Gasteiger partial charge in [0.05, 0.1) is 17.5 Å². The molecule has 6 nitrogen and oxygen atoms in total. The van der Waals surface area contributed by atoms with Crippen LogP contribution in [0.15, 0.2) is 52.1 Å². The monoisotopic (exact) mass is 422 g/mol. The number of carbonyl (C=O) groups is 1. The number of aromatic nitrogens is 2. The number of hydrogen-bond acceptors (Lipinski definition) is 6. The van der Waals surface area contributed by atoms with E-state index in [9.17, 15) is 4.79 Å². The number of nitrogens with zero attached hydrogens (tertiary/aromatic N) is 3. The molecule has 7 heteroatoms. The van der Waals surface area contributed by atoms with E-state index in [-0.39, 0.29) is 5.91 Å².